The summed E-state index contributed by atoms with van der Waals surface area (Å²) in [5.74, 6) is -2.47. The molecule has 3 aromatic rings. The maximum atomic E-state index is 14.0. The molecule has 0 bridgehead atoms. The second kappa shape index (κ2) is 9.98. The molecule has 1 unspecified atom stereocenters. The lowest BCUT2D eigenvalue weighted by Crippen LogP contribution is -2.45. The zero-order valence-electron chi connectivity index (χ0n) is 18.7. The van der Waals surface area contributed by atoms with Crippen LogP contribution in [0.5, 0.6) is 0 Å². The van der Waals surface area contributed by atoms with Crippen molar-refractivity contribution in [2.45, 2.75) is 36.5 Å². The molecule has 0 radical (unpaired) electrons. The highest BCUT2D eigenvalue weighted by Crippen LogP contribution is 2.33. The zero-order valence-corrected chi connectivity index (χ0v) is 19.5. The molecule has 1 aliphatic rings. The zero-order chi connectivity index (χ0) is 26.1. The van der Waals surface area contributed by atoms with Crippen LogP contribution in [0.1, 0.15) is 24.0 Å². The van der Waals surface area contributed by atoms with E-state index in [4.69, 9.17) is 0 Å². The molecule has 1 aliphatic heterocycles. The van der Waals surface area contributed by atoms with E-state index in [1.165, 1.54) is 6.07 Å². The van der Waals surface area contributed by atoms with E-state index in [9.17, 15) is 35.2 Å². The van der Waals surface area contributed by atoms with E-state index in [1.54, 1.807) is 24.3 Å². The summed E-state index contributed by atoms with van der Waals surface area (Å²) in [4.78, 5) is 12.7. The van der Waals surface area contributed by atoms with Crippen LogP contribution in [0.4, 0.5) is 22.0 Å². The molecule has 5 nitrogen and oxygen atoms in total. The molecule has 0 aliphatic carbocycles. The van der Waals surface area contributed by atoms with Gasteiger partial charge in [-0.2, -0.15) is 17.5 Å². The number of benzene rings is 3. The highest BCUT2D eigenvalue weighted by molar-refractivity contribution is 7.89. The molecule has 1 heterocycles. The van der Waals surface area contributed by atoms with Crippen LogP contribution in [-0.4, -0.2) is 31.2 Å². The van der Waals surface area contributed by atoms with Crippen molar-refractivity contribution in [3.63, 3.8) is 0 Å². The van der Waals surface area contributed by atoms with Crippen LogP contribution in [-0.2, 0) is 27.5 Å². The Morgan fingerprint density at radius 3 is 2.33 bits per heavy atom. The Hall–Kier alpha value is -3.31. The number of amides is 1. The third-order valence-corrected chi connectivity index (χ3v) is 7.85. The number of hydrogen-bond donors (Lipinski definition) is 1. The quantitative estimate of drug-likeness (QED) is 0.456. The van der Waals surface area contributed by atoms with Gasteiger partial charge >= 0.3 is 6.18 Å². The van der Waals surface area contributed by atoms with Crippen molar-refractivity contribution in [1.29, 1.82) is 0 Å². The molecule has 1 fully saturated rings. The Morgan fingerprint density at radius 1 is 0.972 bits per heavy atom. The highest BCUT2D eigenvalue weighted by Gasteiger charge is 2.39. The van der Waals surface area contributed by atoms with Gasteiger partial charge in [0, 0.05) is 13.1 Å². The Morgan fingerprint density at radius 2 is 1.67 bits per heavy atom. The van der Waals surface area contributed by atoms with Crippen molar-refractivity contribution >= 4 is 15.9 Å². The molecular formula is C25H21F5N2O3S. The van der Waals surface area contributed by atoms with Crippen molar-refractivity contribution in [3.05, 3.63) is 89.5 Å². The van der Waals surface area contributed by atoms with E-state index in [1.807, 2.05) is 0 Å². The van der Waals surface area contributed by atoms with Gasteiger partial charge in [0.25, 0.3) is 0 Å². The molecule has 0 saturated carbocycles. The number of nitrogens with one attached hydrogen (secondary N) is 1. The summed E-state index contributed by atoms with van der Waals surface area (Å²) >= 11 is 0. The number of halogens is 5. The second-order valence-corrected chi connectivity index (χ2v) is 10.2. The molecule has 0 aromatic heterocycles. The van der Waals surface area contributed by atoms with E-state index >= 15 is 0 Å². The van der Waals surface area contributed by atoms with Crippen molar-refractivity contribution in [3.8, 4) is 11.1 Å². The number of alkyl halides is 3. The van der Waals surface area contributed by atoms with Crippen LogP contribution < -0.4 is 5.32 Å². The predicted octanol–water partition coefficient (Wildman–Crippen LogP) is 5.12. The van der Waals surface area contributed by atoms with Gasteiger partial charge in [0.1, 0.15) is 17.7 Å². The van der Waals surface area contributed by atoms with Crippen molar-refractivity contribution < 1.29 is 35.2 Å². The van der Waals surface area contributed by atoms with Gasteiger partial charge in [-0.05, 0) is 72.0 Å². The number of sulfonamides is 1. The Balaban J connectivity index is 1.46. The first-order valence-electron chi connectivity index (χ1n) is 11.0. The molecular weight excluding hydrogens is 503 g/mol. The largest absolute Gasteiger partial charge is 0.419 e. The van der Waals surface area contributed by atoms with E-state index in [-0.39, 0.29) is 23.5 Å². The third kappa shape index (κ3) is 5.41. The lowest BCUT2D eigenvalue weighted by Gasteiger charge is -2.23. The maximum Gasteiger partial charge on any atom is 0.419 e. The first kappa shape index (κ1) is 25.8. The van der Waals surface area contributed by atoms with Gasteiger partial charge < -0.3 is 5.32 Å². The summed E-state index contributed by atoms with van der Waals surface area (Å²) in [6, 6.07) is 12.6. The van der Waals surface area contributed by atoms with Crippen LogP contribution in [0.15, 0.2) is 71.6 Å². The van der Waals surface area contributed by atoms with Gasteiger partial charge in [-0.15, -0.1) is 0 Å². The molecule has 1 amide bonds. The first-order chi connectivity index (χ1) is 17.0. The maximum absolute atomic E-state index is 14.0. The third-order valence-electron chi connectivity index (χ3n) is 5.93. The molecule has 1 N–H and O–H groups in total. The lowest BCUT2D eigenvalue weighted by molar-refractivity contribution is -0.140. The van der Waals surface area contributed by atoms with Crippen LogP contribution in [0, 0.1) is 11.6 Å². The summed E-state index contributed by atoms with van der Waals surface area (Å²) in [6.07, 6.45) is -4.00. The van der Waals surface area contributed by atoms with Crippen LogP contribution in [0.25, 0.3) is 11.1 Å². The molecule has 11 heteroatoms. The predicted molar refractivity (Wildman–Crippen MR) is 122 cm³/mol. The number of rotatable bonds is 6. The molecule has 1 atom stereocenters. The Bertz CT molecular complexity index is 1380. The fourth-order valence-electron chi connectivity index (χ4n) is 4.12. The Labute approximate surface area is 204 Å². The summed E-state index contributed by atoms with van der Waals surface area (Å²) in [5, 5.41) is 2.69. The minimum Gasteiger partial charge on any atom is -0.351 e. The molecule has 4 rings (SSSR count). The van der Waals surface area contributed by atoms with Gasteiger partial charge in [0.15, 0.2) is 0 Å². The molecule has 1 saturated heterocycles. The summed E-state index contributed by atoms with van der Waals surface area (Å²) in [6.45, 7) is 0.170. The lowest BCUT2D eigenvalue weighted by atomic mass is 10.0. The van der Waals surface area contributed by atoms with Gasteiger partial charge in [-0.3, -0.25) is 4.79 Å². The molecule has 190 valence electrons. The monoisotopic (exact) mass is 524 g/mol. The Kier molecular flexibility index (Phi) is 7.14. The van der Waals surface area contributed by atoms with E-state index in [2.05, 4.69) is 5.32 Å². The summed E-state index contributed by atoms with van der Waals surface area (Å²) in [5.41, 5.74) is -0.0738. The van der Waals surface area contributed by atoms with E-state index < -0.39 is 45.3 Å². The molecule has 3 aromatic carbocycles. The summed E-state index contributed by atoms with van der Waals surface area (Å²) in [7, 11) is -4.00. The van der Waals surface area contributed by atoms with Crippen molar-refractivity contribution in [2.24, 2.45) is 0 Å². The summed E-state index contributed by atoms with van der Waals surface area (Å²) < 4.78 is 92.7. The van der Waals surface area contributed by atoms with Crippen molar-refractivity contribution in [1.82, 2.24) is 9.62 Å². The van der Waals surface area contributed by atoms with Gasteiger partial charge in [-0.1, -0.05) is 24.3 Å². The number of nitrogens with zero attached hydrogens (tertiary/aromatic N) is 1. The van der Waals surface area contributed by atoms with Gasteiger partial charge in [0.05, 0.1) is 10.5 Å². The number of carbonyl (C=O) groups is 1. The van der Waals surface area contributed by atoms with Gasteiger partial charge in [0.2, 0.25) is 15.9 Å². The fourth-order valence-corrected chi connectivity index (χ4v) is 5.78. The highest BCUT2D eigenvalue weighted by atomic mass is 32.2. The van der Waals surface area contributed by atoms with Crippen LogP contribution >= 0.6 is 0 Å². The molecule has 36 heavy (non-hydrogen) atoms. The standard InChI is InChI=1S/C25H21F5N2O3S/c26-19-7-9-20(10-8-19)36(34,35)32-12-2-5-23(32)24(33)31-15-16-3-1-4-17(13-16)18-6-11-21(22(27)14-18)25(28,29)30/h1,3-4,6-11,13-14,23H,2,5,12,15H2,(H,31,33). The normalized spacial score (nSPS) is 16.8. The average molecular weight is 525 g/mol. The second-order valence-electron chi connectivity index (χ2n) is 8.34. The number of carbonyl (C=O) groups excluding carboxylic acids is 1. The topological polar surface area (TPSA) is 66.5 Å². The van der Waals surface area contributed by atoms with E-state index in [0.29, 0.717) is 30.0 Å². The van der Waals surface area contributed by atoms with Gasteiger partial charge in [-0.25, -0.2) is 17.2 Å². The number of hydrogen-bond acceptors (Lipinski definition) is 3. The average Bonchev–Trinajstić information content (AvgIpc) is 3.33. The van der Waals surface area contributed by atoms with E-state index in [0.717, 1.165) is 34.6 Å². The fraction of sp³-hybridized carbons (Fsp3) is 0.240. The van der Waals surface area contributed by atoms with Crippen molar-refractivity contribution in [2.75, 3.05) is 6.54 Å². The molecule has 0 spiro atoms. The van der Waals surface area contributed by atoms with Crippen LogP contribution in [0.3, 0.4) is 0 Å². The minimum atomic E-state index is -4.80. The SMILES string of the molecule is O=C(NCc1cccc(-c2ccc(C(F)(F)F)c(F)c2)c1)C1CCCN1S(=O)(=O)c1ccc(F)cc1. The van der Waals surface area contributed by atoms with Crippen LogP contribution in [0.2, 0.25) is 0 Å². The first-order valence-corrected chi connectivity index (χ1v) is 12.4. The smallest absolute Gasteiger partial charge is 0.351 e. The minimum absolute atomic E-state index is 0.0245.